The number of rotatable bonds is 4. The van der Waals surface area contributed by atoms with Gasteiger partial charge in [-0.15, -0.1) is 0 Å². The van der Waals surface area contributed by atoms with Crippen molar-refractivity contribution in [3.8, 4) is 0 Å². The molecule has 0 saturated carbocycles. The molecule has 2 aromatic rings. The van der Waals surface area contributed by atoms with Crippen molar-refractivity contribution in [3.05, 3.63) is 53.6 Å². The van der Waals surface area contributed by atoms with Crippen molar-refractivity contribution in [2.24, 2.45) is 0 Å². The largest absolute Gasteiger partial charge is 0.217 e. The molecule has 1 heteroatoms. The van der Waals surface area contributed by atoms with Crippen LogP contribution in [0.15, 0.2) is 48.0 Å². The predicted octanol–water partition coefficient (Wildman–Crippen LogP) is 5.98. The Morgan fingerprint density at radius 3 is 2.61 bits per heavy atom. The van der Waals surface area contributed by atoms with Gasteiger partial charge in [0.1, 0.15) is 0 Å². The maximum atomic E-state index is 2.70. The highest BCUT2D eigenvalue weighted by atomic mass is 15.1. The van der Waals surface area contributed by atoms with Gasteiger partial charge in [-0.2, -0.15) is 4.58 Å². The molecule has 0 fully saturated rings. The van der Waals surface area contributed by atoms with Crippen molar-refractivity contribution >= 4 is 22.2 Å². The fourth-order valence-electron chi connectivity index (χ4n) is 4.68. The molecule has 0 aliphatic carbocycles. The van der Waals surface area contributed by atoms with E-state index in [1.165, 1.54) is 65.4 Å². The monoisotopic (exact) mass is 304 g/mol. The van der Waals surface area contributed by atoms with Crippen molar-refractivity contribution in [2.75, 3.05) is 0 Å². The minimum Gasteiger partial charge on any atom is -0.185 e. The predicted molar refractivity (Wildman–Crippen MR) is 98.9 cm³/mol. The summed E-state index contributed by atoms with van der Waals surface area (Å²) in [5.74, 6) is 0. The Morgan fingerprint density at radius 1 is 1.13 bits per heavy atom. The molecule has 0 spiro atoms. The summed E-state index contributed by atoms with van der Waals surface area (Å²) in [4.78, 5) is 0. The van der Waals surface area contributed by atoms with Gasteiger partial charge < -0.3 is 0 Å². The van der Waals surface area contributed by atoms with Gasteiger partial charge in [-0.3, -0.25) is 0 Å². The Labute approximate surface area is 139 Å². The fourth-order valence-corrected chi connectivity index (χ4v) is 4.68. The van der Waals surface area contributed by atoms with E-state index in [9.17, 15) is 0 Å². The first-order valence-electron chi connectivity index (χ1n) is 9.10. The zero-order valence-electron chi connectivity index (χ0n) is 14.5. The number of benzene rings is 2. The second-order valence-electron chi connectivity index (χ2n) is 7.04. The molecule has 4 rings (SSSR count). The summed E-state index contributed by atoms with van der Waals surface area (Å²) in [5, 5.41) is 2.83. The highest BCUT2D eigenvalue weighted by Crippen LogP contribution is 2.49. The number of hydrogen-bond donors (Lipinski definition) is 0. The van der Waals surface area contributed by atoms with E-state index in [1.807, 2.05) is 0 Å². The molecular weight excluding hydrogens is 278 g/mol. The molecule has 0 N–H and O–H groups in total. The van der Waals surface area contributed by atoms with Crippen LogP contribution in [-0.2, 0) is 0 Å². The Morgan fingerprint density at radius 2 is 1.91 bits per heavy atom. The van der Waals surface area contributed by atoms with Crippen molar-refractivity contribution < 1.29 is 4.58 Å². The third-order valence-corrected chi connectivity index (χ3v) is 5.90. The van der Waals surface area contributed by atoms with Crippen LogP contribution in [0.3, 0.4) is 0 Å². The molecule has 2 aliphatic rings. The zero-order chi connectivity index (χ0) is 16.0. The number of unbranched alkanes of at least 4 members (excludes halogenated alkanes) is 1. The first-order valence-corrected chi connectivity index (χ1v) is 9.10. The molecule has 1 unspecified atom stereocenters. The van der Waals surface area contributed by atoms with E-state index in [2.05, 4.69) is 67.8 Å². The first kappa shape index (κ1) is 14.7. The van der Waals surface area contributed by atoms with Gasteiger partial charge in [-0.05, 0) is 24.8 Å². The molecule has 1 atom stereocenters. The highest BCUT2D eigenvalue weighted by Gasteiger charge is 2.53. The van der Waals surface area contributed by atoms with Crippen LogP contribution in [0.5, 0.6) is 0 Å². The van der Waals surface area contributed by atoms with E-state index in [0.717, 1.165) is 0 Å². The first-order chi connectivity index (χ1) is 11.3. The molecule has 0 amide bonds. The van der Waals surface area contributed by atoms with Crippen LogP contribution < -0.4 is 0 Å². The number of nitrogens with zero attached hydrogens (tertiary/aromatic N) is 1. The Bertz CT molecular complexity index is 835. The van der Waals surface area contributed by atoms with E-state index in [-0.39, 0.29) is 5.54 Å². The lowest BCUT2D eigenvalue weighted by molar-refractivity contribution is -0.525. The third-order valence-electron chi connectivity index (χ3n) is 5.90. The molecule has 118 valence electrons. The molecular formula is C22H26N+. The van der Waals surface area contributed by atoms with Crippen molar-refractivity contribution in [2.45, 2.75) is 58.4 Å². The van der Waals surface area contributed by atoms with Gasteiger partial charge in [0.25, 0.3) is 0 Å². The van der Waals surface area contributed by atoms with Crippen LogP contribution in [0.25, 0.3) is 10.8 Å². The molecule has 0 bridgehead atoms. The standard InChI is InChI=1S/C22H26N/c1-4-7-14-22(6-3)15-16(5-2)21-18-12-8-10-17-11-9-13-19(20(17)18)23(21)22/h5,8-13H,4,6-7,14-15H2,1-3H3/q+1/b16-5+. The summed E-state index contributed by atoms with van der Waals surface area (Å²) >= 11 is 0. The lowest BCUT2D eigenvalue weighted by Gasteiger charge is -2.25. The molecule has 0 radical (unpaired) electrons. The molecule has 0 aromatic heterocycles. The van der Waals surface area contributed by atoms with E-state index in [1.54, 1.807) is 0 Å². The van der Waals surface area contributed by atoms with E-state index >= 15 is 0 Å². The third kappa shape index (κ3) is 1.89. The van der Waals surface area contributed by atoms with Crippen molar-refractivity contribution in [1.82, 2.24) is 0 Å². The lowest BCUT2D eigenvalue weighted by atomic mass is 9.83. The van der Waals surface area contributed by atoms with Gasteiger partial charge in [0, 0.05) is 30.9 Å². The quantitative estimate of drug-likeness (QED) is 0.612. The van der Waals surface area contributed by atoms with Crippen LogP contribution in [0.1, 0.15) is 58.4 Å². The number of fused-ring (bicyclic) bond motifs is 2. The van der Waals surface area contributed by atoms with Gasteiger partial charge in [-0.25, -0.2) is 0 Å². The Kier molecular flexibility index (Phi) is 3.41. The highest BCUT2D eigenvalue weighted by molar-refractivity contribution is 6.22. The van der Waals surface area contributed by atoms with Crippen LogP contribution in [0.2, 0.25) is 0 Å². The van der Waals surface area contributed by atoms with E-state index < -0.39 is 0 Å². The topological polar surface area (TPSA) is 3.01 Å². The van der Waals surface area contributed by atoms with E-state index in [0.29, 0.717) is 0 Å². The maximum Gasteiger partial charge on any atom is 0.217 e. The van der Waals surface area contributed by atoms with Gasteiger partial charge >= 0.3 is 0 Å². The molecule has 0 saturated heterocycles. The van der Waals surface area contributed by atoms with Gasteiger partial charge in [0.2, 0.25) is 11.4 Å². The van der Waals surface area contributed by atoms with E-state index in [4.69, 9.17) is 0 Å². The van der Waals surface area contributed by atoms with Gasteiger partial charge in [-0.1, -0.05) is 50.6 Å². The summed E-state index contributed by atoms with van der Waals surface area (Å²) < 4.78 is 2.70. The van der Waals surface area contributed by atoms with Crippen molar-refractivity contribution in [3.63, 3.8) is 0 Å². The Balaban J connectivity index is 2.01. The fraction of sp³-hybridized carbons (Fsp3) is 0.409. The molecule has 2 aromatic carbocycles. The smallest absolute Gasteiger partial charge is 0.185 e. The molecule has 1 nitrogen and oxygen atoms in total. The minimum atomic E-state index is 0.264. The number of allylic oxidation sites excluding steroid dienone is 1. The summed E-state index contributed by atoms with van der Waals surface area (Å²) in [7, 11) is 0. The Hall–Kier alpha value is -1.89. The molecule has 23 heavy (non-hydrogen) atoms. The average molecular weight is 304 g/mol. The van der Waals surface area contributed by atoms with Crippen LogP contribution in [0, 0.1) is 0 Å². The maximum absolute atomic E-state index is 2.70. The molecule has 2 aliphatic heterocycles. The summed E-state index contributed by atoms with van der Waals surface area (Å²) in [6.45, 7) is 6.88. The minimum absolute atomic E-state index is 0.264. The second-order valence-corrected chi connectivity index (χ2v) is 7.04. The summed E-state index contributed by atoms with van der Waals surface area (Å²) in [6, 6.07) is 13.6. The van der Waals surface area contributed by atoms with Gasteiger partial charge in [0.15, 0.2) is 5.54 Å². The lowest BCUT2D eigenvalue weighted by Crippen LogP contribution is -2.36. The van der Waals surface area contributed by atoms with Crippen LogP contribution >= 0.6 is 0 Å². The summed E-state index contributed by atoms with van der Waals surface area (Å²) in [6.07, 6.45) is 8.61. The summed E-state index contributed by atoms with van der Waals surface area (Å²) in [5.41, 5.74) is 6.16. The van der Waals surface area contributed by atoms with Crippen molar-refractivity contribution in [1.29, 1.82) is 0 Å². The molecule has 2 heterocycles. The number of hydrogen-bond acceptors (Lipinski definition) is 0. The normalized spacial score (nSPS) is 24.0. The average Bonchev–Trinajstić information content (AvgIpc) is 3.10. The zero-order valence-corrected chi connectivity index (χ0v) is 14.5. The van der Waals surface area contributed by atoms with Crippen LogP contribution in [0.4, 0.5) is 5.69 Å². The van der Waals surface area contributed by atoms with Gasteiger partial charge in [0.05, 0.1) is 10.9 Å². The second kappa shape index (κ2) is 5.33. The van der Waals surface area contributed by atoms with Crippen LogP contribution in [-0.4, -0.2) is 15.8 Å². The SMILES string of the molecule is C/C=C1\CC(CC)(CCCC)[N+]2=C1c1cccc3cccc2c13.